The first-order chi connectivity index (χ1) is 5.68. The zero-order valence-corrected chi connectivity index (χ0v) is 9.48. The van der Waals surface area contributed by atoms with E-state index in [0.29, 0.717) is 0 Å². The smallest absolute Gasteiger partial charge is 0.200 e. The Hall–Kier alpha value is 0.260. The molecule has 0 spiro atoms. The topological polar surface area (TPSA) is 96.0 Å². The lowest BCUT2D eigenvalue weighted by atomic mass is 10.5. The second kappa shape index (κ2) is 3.14. The summed E-state index contributed by atoms with van der Waals surface area (Å²) >= 11 is 2.66. The minimum Gasteiger partial charge on any atom is -0.200 e. The van der Waals surface area contributed by atoms with Crippen molar-refractivity contribution in [3.05, 3.63) is 0 Å². The molecule has 0 aromatic carbocycles. The fourth-order valence-electron chi connectivity index (χ4n) is 0.566. The van der Waals surface area contributed by atoms with Crippen molar-refractivity contribution in [3.63, 3.8) is 0 Å². The summed E-state index contributed by atoms with van der Waals surface area (Å²) in [5.74, 6) is 0. The van der Waals surface area contributed by atoms with Gasteiger partial charge in [0.15, 0.2) is 0 Å². The average Bonchev–Trinajstić information content (AvgIpc) is 1.79. The molecule has 0 aliphatic carbocycles. The third-order valence-electron chi connectivity index (χ3n) is 1.04. The zero-order chi connectivity index (χ0) is 10.3. The molecule has 10 heteroatoms. The molecule has 0 atom stereocenters. The van der Waals surface area contributed by atoms with Gasteiger partial charge >= 0.3 is 20.8 Å². The third-order valence-corrected chi connectivity index (χ3v) is 4.64. The van der Waals surface area contributed by atoms with Crippen LogP contribution in [-0.4, -0.2) is 21.5 Å². The lowest BCUT2D eigenvalue weighted by molar-refractivity contribution is -0.0456. The SMILES string of the molecule is CCC1(Br)OS(=O)(=O)OS(=O)(=O)O1. The van der Waals surface area contributed by atoms with Gasteiger partial charge in [-0.3, -0.25) is 0 Å². The molecule has 0 amide bonds. The molecular weight excluding hydrogens is 292 g/mol. The van der Waals surface area contributed by atoms with Gasteiger partial charge in [0.25, 0.3) is 4.70 Å². The van der Waals surface area contributed by atoms with Gasteiger partial charge in [-0.15, -0.1) is 3.63 Å². The molecule has 1 heterocycles. The lowest BCUT2D eigenvalue weighted by Crippen LogP contribution is -2.40. The molecule has 7 nitrogen and oxygen atoms in total. The molecule has 13 heavy (non-hydrogen) atoms. The fraction of sp³-hybridized carbons (Fsp3) is 1.00. The second-order valence-corrected chi connectivity index (χ2v) is 5.78. The predicted molar refractivity (Wildman–Crippen MR) is 43.0 cm³/mol. The summed E-state index contributed by atoms with van der Waals surface area (Å²) in [6, 6.07) is 0. The number of rotatable bonds is 1. The average molecular weight is 297 g/mol. The molecule has 0 aromatic heterocycles. The Labute approximate surface area is 83.8 Å². The Bertz CT molecular complexity index is 359. The van der Waals surface area contributed by atoms with E-state index in [2.05, 4.69) is 27.9 Å². The van der Waals surface area contributed by atoms with Crippen LogP contribution in [0.1, 0.15) is 13.3 Å². The largest absolute Gasteiger partial charge is 0.419 e. The standard InChI is InChI=1S/C3H5BrO7S2/c1-2-3(4)9-12(5,6)11-13(7,8)10-3/h2H2,1H3. The number of halogens is 1. The van der Waals surface area contributed by atoms with Crippen LogP contribution in [0, 0.1) is 0 Å². The van der Waals surface area contributed by atoms with Crippen molar-refractivity contribution in [1.29, 1.82) is 0 Å². The van der Waals surface area contributed by atoms with Crippen LogP contribution in [0.4, 0.5) is 0 Å². The van der Waals surface area contributed by atoms with Crippen LogP contribution in [0.2, 0.25) is 0 Å². The molecule has 0 unspecified atom stereocenters. The highest BCUT2D eigenvalue weighted by Crippen LogP contribution is 2.35. The summed E-state index contributed by atoms with van der Waals surface area (Å²) in [5, 5.41) is 0. The Morgan fingerprint density at radius 3 is 1.85 bits per heavy atom. The molecule has 1 aliphatic heterocycles. The Balaban J connectivity index is 3.12. The van der Waals surface area contributed by atoms with Gasteiger partial charge in [0.2, 0.25) is 0 Å². The first-order valence-electron chi connectivity index (χ1n) is 2.99. The monoisotopic (exact) mass is 296 g/mol. The third kappa shape index (κ3) is 2.86. The van der Waals surface area contributed by atoms with E-state index < -0.39 is 25.5 Å². The summed E-state index contributed by atoms with van der Waals surface area (Å²) < 4.78 is 52.9. The zero-order valence-electron chi connectivity index (χ0n) is 6.26. The highest BCUT2D eigenvalue weighted by atomic mass is 79.9. The van der Waals surface area contributed by atoms with Crippen LogP contribution in [0.3, 0.4) is 0 Å². The molecule has 1 aliphatic rings. The summed E-state index contributed by atoms with van der Waals surface area (Å²) in [5.41, 5.74) is 0. The van der Waals surface area contributed by atoms with Gasteiger partial charge < -0.3 is 0 Å². The highest BCUT2D eigenvalue weighted by molar-refractivity contribution is 9.10. The van der Waals surface area contributed by atoms with Crippen molar-refractivity contribution in [2.45, 2.75) is 18.0 Å². The first kappa shape index (κ1) is 11.3. The van der Waals surface area contributed by atoms with Crippen molar-refractivity contribution in [2.75, 3.05) is 0 Å². The maximum absolute atomic E-state index is 10.7. The van der Waals surface area contributed by atoms with E-state index in [0.717, 1.165) is 0 Å². The number of alkyl halides is 1. The van der Waals surface area contributed by atoms with Gasteiger partial charge in [0.1, 0.15) is 0 Å². The van der Waals surface area contributed by atoms with E-state index in [1.54, 1.807) is 0 Å². The van der Waals surface area contributed by atoms with Crippen molar-refractivity contribution in [2.24, 2.45) is 0 Å². The van der Waals surface area contributed by atoms with E-state index in [1.165, 1.54) is 6.92 Å². The van der Waals surface area contributed by atoms with Crippen LogP contribution in [-0.2, 0) is 32.8 Å². The molecular formula is C3H5BrO7S2. The molecule has 0 saturated carbocycles. The molecule has 1 saturated heterocycles. The van der Waals surface area contributed by atoms with Crippen molar-refractivity contribution in [3.8, 4) is 0 Å². The van der Waals surface area contributed by atoms with Gasteiger partial charge in [-0.05, 0) is 15.9 Å². The van der Waals surface area contributed by atoms with Crippen molar-refractivity contribution >= 4 is 36.7 Å². The van der Waals surface area contributed by atoms with Gasteiger partial charge in [-0.25, -0.2) is 8.37 Å². The predicted octanol–water partition coefficient (Wildman–Crippen LogP) is -0.00190. The Morgan fingerprint density at radius 2 is 1.54 bits per heavy atom. The van der Waals surface area contributed by atoms with E-state index >= 15 is 0 Å². The van der Waals surface area contributed by atoms with Crippen LogP contribution in [0.5, 0.6) is 0 Å². The summed E-state index contributed by atoms with van der Waals surface area (Å²) in [7, 11) is -9.14. The molecule has 1 rings (SSSR count). The second-order valence-electron chi connectivity index (χ2n) is 2.06. The van der Waals surface area contributed by atoms with Crippen LogP contribution in [0.25, 0.3) is 0 Å². The molecule has 0 radical (unpaired) electrons. The normalized spacial score (nSPS) is 29.7. The van der Waals surface area contributed by atoms with Crippen LogP contribution < -0.4 is 0 Å². The summed E-state index contributed by atoms with van der Waals surface area (Å²) in [6.07, 6.45) is -0.0329. The molecule has 0 N–H and O–H groups in total. The minimum atomic E-state index is -4.57. The van der Waals surface area contributed by atoms with E-state index in [4.69, 9.17) is 0 Å². The van der Waals surface area contributed by atoms with E-state index in [-0.39, 0.29) is 6.42 Å². The number of hydrogen-bond acceptors (Lipinski definition) is 7. The maximum atomic E-state index is 10.7. The van der Waals surface area contributed by atoms with Gasteiger partial charge in [-0.1, -0.05) is 6.92 Å². The van der Waals surface area contributed by atoms with Gasteiger partial charge in [0.05, 0.1) is 0 Å². The molecule has 78 valence electrons. The minimum absolute atomic E-state index is 0.0329. The van der Waals surface area contributed by atoms with E-state index in [1.807, 2.05) is 0 Å². The maximum Gasteiger partial charge on any atom is 0.419 e. The molecule has 1 fully saturated rings. The fourth-order valence-corrected chi connectivity index (χ4v) is 3.53. The highest BCUT2D eigenvalue weighted by Gasteiger charge is 2.47. The quantitative estimate of drug-likeness (QED) is 0.628. The van der Waals surface area contributed by atoms with Gasteiger partial charge in [0, 0.05) is 6.42 Å². The van der Waals surface area contributed by atoms with Gasteiger partial charge in [-0.2, -0.15) is 16.8 Å². The van der Waals surface area contributed by atoms with Crippen molar-refractivity contribution in [1.82, 2.24) is 0 Å². The molecule has 0 bridgehead atoms. The Kier molecular flexibility index (Phi) is 2.74. The number of hydrogen-bond donors (Lipinski definition) is 0. The van der Waals surface area contributed by atoms with Crippen LogP contribution in [0.15, 0.2) is 0 Å². The molecule has 0 aromatic rings. The summed E-state index contributed by atoms with van der Waals surface area (Å²) in [6.45, 7) is 1.46. The van der Waals surface area contributed by atoms with Crippen LogP contribution >= 0.6 is 15.9 Å². The van der Waals surface area contributed by atoms with Crippen molar-refractivity contribution < 1.29 is 28.8 Å². The Morgan fingerprint density at radius 1 is 1.15 bits per heavy atom. The summed E-state index contributed by atoms with van der Waals surface area (Å²) in [4.78, 5) is 0. The van der Waals surface area contributed by atoms with E-state index in [9.17, 15) is 16.8 Å². The lowest BCUT2D eigenvalue weighted by Gasteiger charge is -2.27. The first-order valence-corrected chi connectivity index (χ1v) is 6.45.